The number of hydrogen-bond donors (Lipinski definition) is 2. The van der Waals surface area contributed by atoms with E-state index < -0.39 is 5.97 Å². The number of nitrogens with zero attached hydrogens (tertiary/aromatic N) is 1. The molecule has 1 aliphatic rings. The molecule has 0 bridgehead atoms. The summed E-state index contributed by atoms with van der Waals surface area (Å²) in [5.41, 5.74) is 2.00. The molecule has 1 aromatic carbocycles. The average Bonchev–Trinajstić information content (AvgIpc) is 2.87. The molecule has 0 saturated heterocycles. The van der Waals surface area contributed by atoms with Gasteiger partial charge in [-0.3, -0.25) is 4.90 Å². The number of carbonyl (C=O) groups excluding carboxylic acids is 1. The van der Waals surface area contributed by atoms with E-state index in [0.717, 1.165) is 23.4 Å². The molecule has 1 aliphatic heterocycles. The van der Waals surface area contributed by atoms with Crippen LogP contribution in [0.3, 0.4) is 0 Å². The van der Waals surface area contributed by atoms with Gasteiger partial charge in [0.05, 0.1) is 5.56 Å². The summed E-state index contributed by atoms with van der Waals surface area (Å²) in [6.07, 6.45) is 3.68. The van der Waals surface area contributed by atoms with Crippen molar-refractivity contribution in [2.45, 2.75) is 25.8 Å². The molecular formula is C15H20N2O3S. The van der Waals surface area contributed by atoms with Crippen LogP contribution in [0.1, 0.15) is 29.3 Å². The minimum atomic E-state index is -0.939. The quantitative estimate of drug-likeness (QED) is 0.877. The van der Waals surface area contributed by atoms with E-state index in [9.17, 15) is 9.59 Å². The van der Waals surface area contributed by atoms with E-state index in [4.69, 9.17) is 5.11 Å². The van der Waals surface area contributed by atoms with Crippen LogP contribution >= 0.6 is 11.8 Å². The zero-order chi connectivity index (χ0) is 15.4. The number of rotatable bonds is 5. The Bertz CT molecular complexity index is 548. The van der Waals surface area contributed by atoms with Crippen LogP contribution in [0.15, 0.2) is 18.2 Å². The zero-order valence-corrected chi connectivity index (χ0v) is 13.1. The SMILES string of the molecule is CSCCC(C)NC(=O)N1CCc2cc(C(=O)O)ccc21. The van der Waals surface area contributed by atoms with Gasteiger partial charge in [-0.05, 0) is 55.5 Å². The molecule has 0 aliphatic carbocycles. The van der Waals surface area contributed by atoms with E-state index in [-0.39, 0.29) is 17.6 Å². The van der Waals surface area contributed by atoms with Crippen LogP contribution < -0.4 is 10.2 Å². The second kappa shape index (κ2) is 6.85. The number of fused-ring (bicyclic) bond motifs is 1. The van der Waals surface area contributed by atoms with Gasteiger partial charge in [0.1, 0.15) is 0 Å². The maximum atomic E-state index is 12.3. The van der Waals surface area contributed by atoms with Gasteiger partial charge in [0, 0.05) is 18.3 Å². The van der Waals surface area contributed by atoms with Crippen molar-refractivity contribution in [3.63, 3.8) is 0 Å². The monoisotopic (exact) mass is 308 g/mol. The number of amides is 2. The molecule has 1 atom stereocenters. The molecule has 0 saturated carbocycles. The van der Waals surface area contributed by atoms with Crippen molar-refractivity contribution in [1.82, 2.24) is 5.32 Å². The zero-order valence-electron chi connectivity index (χ0n) is 12.3. The summed E-state index contributed by atoms with van der Waals surface area (Å²) in [7, 11) is 0. The molecule has 5 nitrogen and oxygen atoms in total. The molecule has 1 unspecified atom stereocenters. The molecule has 0 radical (unpaired) electrons. The number of anilines is 1. The normalized spacial score (nSPS) is 14.7. The van der Waals surface area contributed by atoms with E-state index in [2.05, 4.69) is 5.32 Å². The first-order valence-electron chi connectivity index (χ1n) is 6.96. The summed E-state index contributed by atoms with van der Waals surface area (Å²) < 4.78 is 0. The van der Waals surface area contributed by atoms with Crippen LogP contribution in [0.5, 0.6) is 0 Å². The Balaban J connectivity index is 2.05. The molecule has 2 rings (SSSR count). The lowest BCUT2D eigenvalue weighted by Gasteiger charge is -2.21. The minimum absolute atomic E-state index is 0.106. The molecule has 114 valence electrons. The first kappa shape index (κ1) is 15.7. The van der Waals surface area contributed by atoms with E-state index in [1.54, 1.807) is 34.9 Å². The number of urea groups is 1. The van der Waals surface area contributed by atoms with Crippen molar-refractivity contribution < 1.29 is 14.7 Å². The van der Waals surface area contributed by atoms with Crippen molar-refractivity contribution in [1.29, 1.82) is 0 Å². The minimum Gasteiger partial charge on any atom is -0.478 e. The predicted molar refractivity (Wildman–Crippen MR) is 85.4 cm³/mol. The Morgan fingerprint density at radius 1 is 1.48 bits per heavy atom. The van der Waals surface area contributed by atoms with Crippen LogP contribution in [0.2, 0.25) is 0 Å². The maximum absolute atomic E-state index is 12.3. The summed E-state index contributed by atoms with van der Waals surface area (Å²) in [6.45, 7) is 2.60. The Labute approximate surface area is 128 Å². The van der Waals surface area contributed by atoms with Crippen molar-refractivity contribution >= 4 is 29.4 Å². The van der Waals surface area contributed by atoms with Crippen LogP contribution in [0.25, 0.3) is 0 Å². The van der Waals surface area contributed by atoms with Gasteiger partial charge in [0.25, 0.3) is 0 Å². The fourth-order valence-electron chi connectivity index (χ4n) is 2.40. The van der Waals surface area contributed by atoms with Gasteiger partial charge in [0.15, 0.2) is 0 Å². The molecule has 0 spiro atoms. The third kappa shape index (κ3) is 3.69. The Morgan fingerprint density at radius 3 is 2.90 bits per heavy atom. The van der Waals surface area contributed by atoms with Gasteiger partial charge in [-0.1, -0.05) is 0 Å². The number of aromatic carboxylic acids is 1. The third-order valence-corrected chi connectivity index (χ3v) is 4.24. The lowest BCUT2D eigenvalue weighted by atomic mass is 10.1. The number of carboxylic acid groups (broad SMARTS) is 1. The van der Waals surface area contributed by atoms with Crippen molar-refractivity contribution in [3.8, 4) is 0 Å². The number of carbonyl (C=O) groups is 2. The average molecular weight is 308 g/mol. The largest absolute Gasteiger partial charge is 0.478 e. The summed E-state index contributed by atoms with van der Waals surface area (Å²) in [4.78, 5) is 25.0. The van der Waals surface area contributed by atoms with Crippen molar-refractivity contribution in [2.75, 3.05) is 23.5 Å². The first-order chi connectivity index (χ1) is 10.0. The predicted octanol–water partition coefficient (Wildman–Crippen LogP) is 2.60. The van der Waals surface area contributed by atoms with Crippen molar-refractivity contribution in [3.05, 3.63) is 29.3 Å². The lowest BCUT2D eigenvalue weighted by Crippen LogP contribution is -2.43. The van der Waals surface area contributed by atoms with Gasteiger partial charge in [0.2, 0.25) is 0 Å². The fraction of sp³-hybridized carbons (Fsp3) is 0.467. The highest BCUT2D eigenvalue weighted by Gasteiger charge is 2.26. The highest BCUT2D eigenvalue weighted by molar-refractivity contribution is 7.98. The van der Waals surface area contributed by atoms with Gasteiger partial charge >= 0.3 is 12.0 Å². The number of benzene rings is 1. The van der Waals surface area contributed by atoms with Gasteiger partial charge in [-0.15, -0.1) is 0 Å². The van der Waals surface area contributed by atoms with Gasteiger partial charge in [-0.25, -0.2) is 9.59 Å². The van der Waals surface area contributed by atoms with E-state index >= 15 is 0 Å². The molecule has 21 heavy (non-hydrogen) atoms. The molecule has 1 heterocycles. The van der Waals surface area contributed by atoms with Crippen LogP contribution in [-0.2, 0) is 6.42 Å². The van der Waals surface area contributed by atoms with Gasteiger partial charge < -0.3 is 10.4 Å². The summed E-state index contributed by atoms with van der Waals surface area (Å²) in [5.74, 6) is 0.0754. The number of thioether (sulfide) groups is 1. The highest BCUT2D eigenvalue weighted by atomic mass is 32.2. The first-order valence-corrected chi connectivity index (χ1v) is 8.35. The third-order valence-electron chi connectivity index (χ3n) is 3.59. The van der Waals surface area contributed by atoms with E-state index in [0.29, 0.717) is 13.0 Å². The summed E-state index contributed by atoms with van der Waals surface area (Å²) in [5, 5.41) is 12.0. The van der Waals surface area contributed by atoms with Crippen molar-refractivity contribution in [2.24, 2.45) is 0 Å². The summed E-state index contributed by atoms with van der Waals surface area (Å²) in [6, 6.07) is 4.95. The Hall–Kier alpha value is -1.69. The standard InChI is InChI=1S/C15H20N2O3S/c1-10(6-8-21-2)16-15(20)17-7-5-11-9-12(14(18)19)3-4-13(11)17/h3-4,9-10H,5-8H2,1-2H3,(H,16,20)(H,18,19). The number of hydrogen-bond acceptors (Lipinski definition) is 3. The number of nitrogens with one attached hydrogen (secondary N) is 1. The van der Waals surface area contributed by atoms with Crippen LogP contribution in [0, 0.1) is 0 Å². The molecule has 0 aromatic heterocycles. The number of carboxylic acids is 1. The lowest BCUT2D eigenvalue weighted by molar-refractivity contribution is 0.0697. The molecule has 0 fully saturated rings. The fourth-order valence-corrected chi connectivity index (χ4v) is 2.99. The maximum Gasteiger partial charge on any atom is 0.335 e. The molecule has 6 heteroatoms. The van der Waals surface area contributed by atoms with Crippen LogP contribution in [0.4, 0.5) is 10.5 Å². The second-order valence-electron chi connectivity index (χ2n) is 5.18. The topological polar surface area (TPSA) is 69.6 Å². The molecular weight excluding hydrogens is 288 g/mol. The smallest absolute Gasteiger partial charge is 0.335 e. The van der Waals surface area contributed by atoms with Crippen LogP contribution in [-0.4, -0.2) is 41.7 Å². The molecule has 2 amide bonds. The van der Waals surface area contributed by atoms with E-state index in [1.807, 2.05) is 13.2 Å². The summed E-state index contributed by atoms with van der Waals surface area (Å²) >= 11 is 1.76. The second-order valence-corrected chi connectivity index (χ2v) is 6.17. The highest BCUT2D eigenvalue weighted by Crippen LogP contribution is 2.29. The Morgan fingerprint density at radius 2 is 2.24 bits per heavy atom. The molecule has 1 aromatic rings. The van der Waals surface area contributed by atoms with Gasteiger partial charge in [-0.2, -0.15) is 11.8 Å². The molecule has 2 N–H and O–H groups in total. The van der Waals surface area contributed by atoms with E-state index in [1.165, 1.54) is 0 Å². The Kier molecular flexibility index (Phi) is 5.12.